The van der Waals surface area contributed by atoms with E-state index >= 15 is 0 Å². The molecule has 0 amide bonds. The number of carbonyl (C=O) groups excluding carboxylic acids is 2. The van der Waals surface area contributed by atoms with Crippen LogP contribution >= 0.6 is 0 Å². The van der Waals surface area contributed by atoms with E-state index in [2.05, 4.69) is 0 Å². The Morgan fingerprint density at radius 1 is 1.47 bits per heavy atom. The van der Waals surface area contributed by atoms with Gasteiger partial charge in [0.1, 0.15) is 5.78 Å². The van der Waals surface area contributed by atoms with E-state index in [-0.39, 0.29) is 18.0 Å². The molecular formula is C10H16O5. The Bertz CT molecular complexity index is 263. The molecule has 0 saturated carbocycles. The molecule has 0 bridgehead atoms. The summed E-state index contributed by atoms with van der Waals surface area (Å²) in [7, 11) is 2.90. The zero-order valence-electron chi connectivity index (χ0n) is 9.24. The molecule has 0 radical (unpaired) electrons. The highest BCUT2D eigenvalue weighted by Gasteiger charge is 2.47. The molecule has 1 saturated heterocycles. The van der Waals surface area contributed by atoms with Gasteiger partial charge in [-0.2, -0.15) is 0 Å². The highest BCUT2D eigenvalue weighted by molar-refractivity contribution is 6.01. The number of rotatable bonds is 5. The lowest BCUT2D eigenvalue weighted by Gasteiger charge is -2.25. The van der Waals surface area contributed by atoms with E-state index in [1.807, 2.05) is 0 Å². The van der Waals surface area contributed by atoms with Crippen LogP contribution in [0, 0.1) is 0 Å². The summed E-state index contributed by atoms with van der Waals surface area (Å²) in [6.07, 6.45) is 0.424. The molecule has 5 nitrogen and oxygen atoms in total. The molecule has 1 rings (SSSR count). The van der Waals surface area contributed by atoms with Crippen molar-refractivity contribution in [2.45, 2.75) is 38.3 Å². The Labute approximate surface area is 88.7 Å². The molecule has 86 valence electrons. The maximum Gasteiger partial charge on any atom is 0.231 e. The standard InChI is InChI=1S/C10H16O5/c1-7(11)6-8(12)10(14-3)5-4-9(13-2)15-10/h9H,4-6H2,1-3H3. The van der Waals surface area contributed by atoms with Crippen molar-refractivity contribution in [1.82, 2.24) is 0 Å². The quantitative estimate of drug-likeness (QED) is 0.632. The van der Waals surface area contributed by atoms with Gasteiger partial charge in [0.15, 0.2) is 12.1 Å². The lowest BCUT2D eigenvalue weighted by atomic mass is 10.0. The van der Waals surface area contributed by atoms with Gasteiger partial charge in [0.2, 0.25) is 5.79 Å². The van der Waals surface area contributed by atoms with Gasteiger partial charge in [0.25, 0.3) is 0 Å². The predicted octanol–water partition coefficient (Wildman–Crippen LogP) is 0.660. The fraction of sp³-hybridized carbons (Fsp3) is 0.800. The van der Waals surface area contributed by atoms with Crippen molar-refractivity contribution in [3.63, 3.8) is 0 Å². The Hall–Kier alpha value is -0.780. The number of Topliss-reactive ketones (excluding diaryl/α,β-unsaturated/α-hetero) is 2. The zero-order valence-corrected chi connectivity index (χ0v) is 9.24. The Morgan fingerprint density at radius 3 is 2.53 bits per heavy atom. The van der Waals surface area contributed by atoms with Gasteiger partial charge in [-0.3, -0.25) is 9.59 Å². The monoisotopic (exact) mass is 216 g/mol. The molecule has 1 aliphatic heterocycles. The lowest BCUT2D eigenvalue weighted by molar-refractivity contribution is -0.245. The second-order valence-corrected chi connectivity index (χ2v) is 3.58. The molecule has 1 aliphatic rings. The average molecular weight is 216 g/mol. The van der Waals surface area contributed by atoms with E-state index < -0.39 is 12.1 Å². The molecule has 2 atom stereocenters. The first-order valence-electron chi connectivity index (χ1n) is 4.82. The van der Waals surface area contributed by atoms with Gasteiger partial charge in [0, 0.05) is 27.1 Å². The summed E-state index contributed by atoms with van der Waals surface area (Å²) in [4.78, 5) is 22.6. The largest absolute Gasteiger partial charge is 0.356 e. The van der Waals surface area contributed by atoms with Crippen LogP contribution in [0.25, 0.3) is 0 Å². The second-order valence-electron chi connectivity index (χ2n) is 3.58. The normalized spacial score (nSPS) is 30.5. The first kappa shape index (κ1) is 12.3. The number of hydrogen-bond donors (Lipinski definition) is 0. The molecule has 5 heteroatoms. The summed E-state index contributed by atoms with van der Waals surface area (Å²) >= 11 is 0. The molecule has 0 N–H and O–H groups in total. The van der Waals surface area contributed by atoms with Crippen molar-refractivity contribution in [2.24, 2.45) is 0 Å². The van der Waals surface area contributed by atoms with Gasteiger partial charge >= 0.3 is 0 Å². The molecule has 15 heavy (non-hydrogen) atoms. The van der Waals surface area contributed by atoms with Crippen LogP contribution in [0.3, 0.4) is 0 Å². The average Bonchev–Trinajstić information content (AvgIpc) is 2.61. The van der Waals surface area contributed by atoms with Crippen LogP contribution in [-0.2, 0) is 23.8 Å². The lowest BCUT2D eigenvalue weighted by Crippen LogP contribution is -2.41. The topological polar surface area (TPSA) is 61.8 Å². The smallest absolute Gasteiger partial charge is 0.231 e. The van der Waals surface area contributed by atoms with Crippen molar-refractivity contribution in [2.75, 3.05) is 14.2 Å². The molecule has 0 aromatic carbocycles. The third-order valence-corrected chi connectivity index (χ3v) is 2.46. The summed E-state index contributed by atoms with van der Waals surface area (Å²) in [5.74, 6) is -1.82. The summed E-state index contributed by atoms with van der Waals surface area (Å²) in [5.41, 5.74) is 0. The van der Waals surface area contributed by atoms with Crippen LogP contribution in [0.15, 0.2) is 0 Å². The molecule has 0 spiro atoms. The van der Waals surface area contributed by atoms with E-state index in [1.54, 1.807) is 0 Å². The maximum absolute atomic E-state index is 11.7. The molecule has 0 aliphatic carbocycles. The fourth-order valence-corrected chi connectivity index (χ4v) is 1.63. The number of ketones is 2. The number of methoxy groups -OCH3 is 2. The number of ether oxygens (including phenoxy) is 3. The zero-order chi connectivity index (χ0) is 11.5. The Morgan fingerprint density at radius 2 is 2.13 bits per heavy atom. The van der Waals surface area contributed by atoms with Gasteiger partial charge in [-0.05, 0) is 6.92 Å². The van der Waals surface area contributed by atoms with Gasteiger partial charge in [-0.15, -0.1) is 0 Å². The third kappa shape index (κ3) is 2.62. The van der Waals surface area contributed by atoms with E-state index in [4.69, 9.17) is 14.2 Å². The van der Waals surface area contributed by atoms with E-state index in [9.17, 15) is 9.59 Å². The van der Waals surface area contributed by atoms with Crippen molar-refractivity contribution in [3.8, 4) is 0 Å². The predicted molar refractivity (Wildman–Crippen MR) is 51.2 cm³/mol. The van der Waals surface area contributed by atoms with Crippen molar-refractivity contribution in [3.05, 3.63) is 0 Å². The van der Waals surface area contributed by atoms with Gasteiger partial charge in [-0.1, -0.05) is 0 Å². The molecule has 1 heterocycles. The van der Waals surface area contributed by atoms with Crippen LogP contribution in [0.5, 0.6) is 0 Å². The first-order valence-corrected chi connectivity index (χ1v) is 4.82. The van der Waals surface area contributed by atoms with E-state index in [0.29, 0.717) is 12.8 Å². The van der Waals surface area contributed by atoms with E-state index in [1.165, 1.54) is 21.1 Å². The van der Waals surface area contributed by atoms with Crippen LogP contribution in [0.2, 0.25) is 0 Å². The summed E-state index contributed by atoms with van der Waals surface area (Å²) in [5, 5.41) is 0. The first-order chi connectivity index (χ1) is 7.04. The molecule has 2 unspecified atom stereocenters. The van der Waals surface area contributed by atoms with Crippen LogP contribution in [-0.4, -0.2) is 37.9 Å². The minimum atomic E-state index is -1.29. The van der Waals surface area contributed by atoms with Crippen molar-refractivity contribution in [1.29, 1.82) is 0 Å². The third-order valence-electron chi connectivity index (χ3n) is 2.46. The van der Waals surface area contributed by atoms with Crippen LogP contribution in [0.4, 0.5) is 0 Å². The van der Waals surface area contributed by atoms with Crippen molar-refractivity contribution >= 4 is 11.6 Å². The minimum absolute atomic E-state index is 0.162. The highest BCUT2D eigenvalue weighted by Crippen LogP contribution is 2.33. The summed E-state index contributed by atoms with van der Waals surface area (Å²) in [6, 6.07) is 0. The molecule has 0 aromatic rings. The highest BCUT2D eigenvalue weighted by atomic mass is 16.8. The minimum Gasteiger partial charge on any atom is -0.356 e. The van der Waals surface area contributed by atoms with Gasteiger partial charge < -0.3 is 14.2 Å². The number of hydrogen-bond acceptors (Lipinski definition) is 5. The van der Waals surface area contributed by atoms with Gasteiger partial charge in [0.05, 0.1) is 6.42 Å². The Kier molecular flexibility index (Phi) is 3.96. The summed E-state index contributed by atoms with van der Waals surface area (Å²) < 4.78 is 15.4. The summed E-state index contributed by atoms with van der Waals surface area (Å²) in [6.45, 7) is 1.37. The fourth-order valence-electron chi connectivity index (χ4n) is 1.63. The second kappa shape index (κ2) is 4.83. The van der Waals surface area contributed by atoms with Gasteiger partial charge in [-0.25, -0.2) is 0 Å². The van der Waals surface area contributed by atoms with E-state index in [0.717, 1.165) is 0 Å². The van der Waals surface area contributed by atoms with Crippen molar-refractivity contribution < 1.29 is 23.8 Å². The number of carbonyl (C=O) groups is 2. The van der Waals surface area contributed by atoms with Crippen LogP contribution < -0.4 is 0 Å². The maximum atomic E-state index is 11.7. The SMILES string of the molecule is COC1CCC(OC)(C(=O)CC(C)=O)O1. The molecule has 1 fully saturated rings. The Balaban J connectivity index is 2.69. The molecular weight excluding hydrogens is 200 g/mol. The molecule has 0 aromatic heterocycles. The van der Waals surface area contributed by atoms with Crippen LogP contribution in [0.1, 0.15) is 26.2 Å².